The van der Waals surface area contributed by atoms with Gasteiger partial charge in [-0.05, 0) is 32.9 Å². The monoisotopic (exact) mass is 277 g/mol. The number of amides is 2. The van der Waals surface area contributed by atoms with Crippen LogP contribution < -0.4 is 0 Å². The number of ether oxygens (including phenoxy) is 2. The molecule has 2 rings (SSSR count). The second-order valence-electron chi connectivity index (χ2n) is 4.55. The van der Waals surface area contributed by atoms with Gasteiger partial charge in [0.15, 0.2) is 6.29 Å². The van der Waals surface area contributed by atoms with Crippen LogP contribution in [0.5, 0.6) is 0 Å². The highest BCUT2D eigenvalue weighted by atomic mass is 16.7. The molecular formula is C15H19NO4. The molecule has 0 unspecified atom stereocenters. The Bertz CT molecular complexity index is 473. The van der Waals surface area contributed by atoms with Crippen LogP contribution in [0.4, 0.5) is 0 Å². The molecule has 0 aliphatic carbocycles. The third-order valence-electron chi connectivity index (χ3n) is 3.29. The average Bonchev–Trinajstić information content (AvgIpc) is 2.71. The van der Waals surface area contributed by atoms with Gasteiger partial charge in [-0.1, -0.05) is 12.1 Å². The molecule has 1 heterocycles. The Morgan fingerprint density at radius 2 is 1.45 bits per heavy atom. The van der Waals surface area contributed by atoms with E-state index in [0.717, 1.165) is 0 Å². The number of carbonyl (C=O) groups is 2. The normalized spacial score (nSPS) is 15.9. The maximum absolute atomic E-state index is 12.4. The first-order valence-electron chi connectivity index (χ1n) is 6.81. The van der Waals surface area contributed by atoms with Crippen LogP contribution in [-0.2, 0) is 9.47 Å². The van der Waals surface area contributed by atoms with Crippen molar-refractivity contribution in [3.05, 3.63) is 35.4 Å². The highest BCUT2D eigenvalue weighted by Gasteiger charge is 2.41. The molecule has 0 N–H and O–H groups in total. The first kappa shape index (κ1) is 14.7. The number of nitrogens with zero attached hydrogens (tertiary/aromatic N) is 1. The summed E-state index contributed by atoms with van der Waals surface area (Å²) >= 11 is 0. The number of fused-ring (bicyclic) bond motifs is 1. The fraction of sp³-hybridized carbons (Fsp3) is 0.467. The average molecular weight is 277 g/mol. The number of carbonyl (C=O) groups excluding carboxylic acids is 2. The topological polar surface area (TPSA) is 55.8 Å². The predicted molar refractivity (Wildman–Crippen MR) is 73.4 cm³/mol. The lowest BCUT2D eigenvalue weighted by molar-refractivity contribution is -0.161. The van der Waals surface area contributed by atoms with Gasteiger partial charge in [0.05, 0.1) is 17.2 Å². The highest BCUT2D eigenvalue weighted by molar-refractivity contribution is 6.21. The van der Waals surface area contributed by atoms with Crippen LogP contribution in [0.2, 0.25) is 0 Å². The van der Waals surface area contributed by atoms with Gasteiger partial charge in [0, 0.05) is 13.2 Å². The van der Waals surface area contributed by atoms with Crippen LogP contribution in [0.25, 0.3) is 0 Å². The summed E-state index contributed by atoms with van der Waals surface area (Å²) in [5, 5.41) is 0. The Kier molecular flexibility index (Phi) is 4.52. The van der Waals surface area contributed by atoms with Crippen molar-refractivity contribution in [1.82, 2.24) is 4.90 Å². The van der Waals surface area contributed by atoms with Crippen LogP contribution in [0.3, 0.4) is 0 Å². The summed E-state index contributed by atoms with van der Waals surface area (Å²) < 4.78 is 11.0. The second-order valence-corrected chi connectivity index (χ2v) is 4.55. The third-order valence-corrected chi connectivity index (χ3v) is 3.29. The predicted octanol–water partition coefficient (Wildman–Crippen LogP) is 2.07. The minimum atomic E-state index is -0.604. The van der Waals surface area contributed by atoms with Crippen molar-refractivity contribution in [2.45, 2.75) is 33.1 Å². The Labute approximate surface area is 118 Å². The smallest absolute Gasteiger partial charge is 0.261 e. The van der Waals surface area contributed by atoms with E-state index >= 15 is 0 Å². The Hall–Kier alpha value is -1.72. The largest absolute Gasteiger partial charge is 0.351 e. The Morgan fingerprint density at radius 3 is 1.85 bits per heavy atom. The Balaban J connectivity index is 2.25. The van der Waals surface area contributed by atoms with E-state index in [9.17, 15) is 9.59 Å². The van der Waals surface area contributed by atoms with Gasteiger partial charge in [-0.15, -0.1) is 0 Å². The first-order chi connectivity index (χ1) is 9.61. The number of rotatable bonds is 6. The van der Waals surface area contributed by atoms with Crippen molar-refractivity contribution in [2.24, 2.45) is 0 Å². The lowest BCUT2D eigenvalue weighted by Gasteiger charge is -2.29. The lowest BCUT2D eigenvalue weighted by atomic mass is 10.1. The van der Waals surface area contributed by atoms with Crippen molar-refractivity contribution in [1.29, 1.82) is 0 Å². The van der Waals surface area contributed by atoms with Gasteiger partial charge in [0.25, 0.3) is 11.8 Å². The summed E-state index contributed by atoms with van der Waals surface area (Å²) in [4.78, 5) is 25.9. The molecule has 2 amide bonds. The molecule has 20 heavy (non-hydrogen) atoms. The van der Waals surface area contributed by atoms with E-state index in [1.807, 2.05) is 13.8 Å². The molecule has 1 aliphatic rings. The van der Waals surface area contributed by atoms with Crippen molar-refractivity contribution in [2.75, 3.05) is 13.2 Å². The van der Waals surface area contributed by atoms with E-state index in [1.54, 1.807) is 31.2 Å². The number of imide groups is 1. The molecule has 0 saturated carbocycles. The van der Waals surface area contributed by atoms with Gasteiger partial charge in [0.1, 0.15) is 0 Å². The summed E-state index contributed by atoms with van der Waals surface area (Å²) in [7, 11) is 0. The number of hydrogen-bond acceptors (Lipinski definition) is 4. The molecule has 108 valence electrons. The zero-order valence-corrected chi connectivity index (χ0v) is 12.0. The quantitative estimate of drug-likeness (QED) is 0.590. The fourth-order valence-electron chi connectivity index (χ4n) is 2.35. The maximum atomic E-state index is 12.4. The molecule has 5 heteroatoms. The molecular weight excluding hydrogens is 258 g/mol. The van der Waals surface area contributed by atoms with Crippen LogP contribution in [-0.4, -0.2) is 42.3 Å². The molecule has 0 fully saturated rings. The third kappa shape index (κ3) is 2.46. The van der Waals surface area contributed by atoms with Gasteiger partial charge < -0.3 is 9.47 Å². The molecule has 0 aromatic heterocycles. The van der Waals surface area contributed by atoms with Crippen LogP contribution in [0, 0.1) is 0 Å². The van der Waals surface area contributed by atoms with Gasteiger partial charge in [0.2, 0.25) is 0 Å². The zero-order chi connectivity index (χ0) is 14.7. The molecule has 5 nitrogen and oxygen atoms in total. The van der Waals surface area contributed by atoms with Crippen molar-refractivity contribution in [3.8, 4) is 0 Å². The zero-order valence-electron chi connectivity index (χ0n) is 12.0. The van der Waals surface area contributed by atoms with E-state index < -0.39 is 12.3 Å². The van der Waals surface area contributed by atoms with Crippen LogP contribution in [0.1, 0.15) is 41.5 Å². The molecule has 0 saturated heterocycles. The molecule has 1 aliphatic heterocycles. The van der Waals surface area contributed by atoms with E-state index in [4.69, 9.17) is 9.47 Å². The van der Waals surface area contributed by atoms with E-state index in [0.29, 0.717) is 24.3 Å². The summed E-state index contributed by atoms with van der Waals surface area (Å²) in [5.41, 5.74) is 0.882. The van der Waals surface area contributed by atoms with E-state index in [2.05, 4.69) is 0 Å². The maximum Gasteiger partial charge on any atom is 0.261 e. The molecule has 0 radical (unpaired) electrons. The summed E-state index contributed by atoms with van der Waals surface area (Å²) in [6.45, 7) is 6.37. The minimum absolute atomic E-state index is 0.289. The standard InChI is InChI=1S/C15H19NO4/c1-4-19-15(20-5-2)10(3)16-13(17)11-8-6-7-9-12(11)14(16)18/h6-10,15H,4-5H2,1-3H3/t10-/m0/s1. The first-order valence-corrected chi connectivity index (χ1v) is 6.81. The van der Waals surface area contributed by atoms with E-state index in [-0.39, 0.29) is 11.8 Å². The van der Waals surface area contributed by atoms with Gasteiger partial charge in [-0.2, -0.15) is 0 Å². The van der Waals surface area contributed by atoms with Crippen molar-refractivity contribution >= 4 is 11.8 Å². The molecule has 1 atom stereocenters. The minimum Gasteiger partial charge on any atom is -0.351 e. The lowest BCUT2D eigenvalue weighted by Crippen LogP contribution is -2.47. The number of hydrogen-bond donors (Lipinski definition) is 0. The second kappa shape index (κ2) is 6.15. The van der Waals surface area contributed by atoms with Gasteiger partial charge in [-0.25, -0.2) is 0 Å². The number of benzene rings is 1. The molecule has 1 aromatic rings. The summed E-state index contributed by atoms with van der Waals surface area (Å²) in [6, 6.07) is 6.36. The molecule has 0 bridgehead atoms. The fourth-order valence-corrected chi connectivity index (χ4v) is 2.35. The highest BCUT2D eigenvalue weighted by Crippen LogP contribution is 2.26. The van der Waals surface area contributed by atoms with Crippen molar-refractivity contribution in [3.63, 3.8) is 0 Å². The van der Waals surface area contributed by atoms with Crippen LogP contribution >= 0.6 is 0 Å². The molecule has 1 aromatic carbocycles. The summed E-state index contributed by atoms with van der Waals surface area (Å²) in [5.74, 6) is -0.579. The van der Waals surface area contributed by atoms with E-state index in [1.165, 1.54) is 4.90 Å². The summed E-state index contributed by atoms with van der Waals surface area (Å²) in [6.07, 6.45) is -0.604. The Morgan fingerprint density at radius 1 is 1.00 bits per heavy atom. The van der Waals surface area contributed by atoms with Crippen molar-refractivity contribution < 1.29 is 19.1 Å². The van der Waals surface area contributed by atoms with Gasteiger partial charge in [-0.3, -0.25) is 14.5 Å². The SMILES string of the molecule is CCOC(OCC)[C@H](C)N1C(=O)c2ccccc2C1=O. The molecule has 0 spiro atoms. The van der Waals surface area contributed by atoms with Gasteiger partial charge >= 0.3 is 0 Å². The van der Waals surface area contributed by atoms with Crippen LogP contribution in [0.15, 0.2) is 24.3 Å².